The molecule has 142 valence electrons. The maximum Gasteiger partial charge on any atom is 0.262 e. The molecule has 0 bridgehead atoms. The molecule has 0 atom stereocenters. The molecule has 2 aromatic rings. The van der Waals surface area contributed by atoms with Crippen molar-refractivity contribution in [1.82, 2.24) is 0 Å². The second-order valence-electron chi connectivity index (χ2n) is 7.39. The molecule has 3 rings (SSSR count). The van der Waals surface area contributed by atoms with Crippen LogP contribution in [0.15, 0.2) is 42.5 Å². The molecule has 5 nitrogen and oxygen atoms in total. The number of amides is 2. The maximum absolute atomic E-state index is 12.2. The van der Waals surface area contributed by atoms with E-state index in [1.165, 1.54) is 0 Å². The van der Waals surface area contributed by atoms with E-state index in [1.807, 2.05) is 54.3 Å². The smallest absolute Gasteiger partial charge is 0.262 e. The fourth-order valence-electron chi connectivity index (χ4n) is 3.18. The van der Waals surface area contributed by atoms with Gasteiger partial charge in [-0.1, -0.05) is 31.5 Å². The van der Waals surface area contributed by atoms with Gasteiger partial charge in [0.15, 0.2) is 6.61 Å². The molecule has 5 heteroatoms. The summed E-state index contributed by atoms with van der Waals surface area (Å²) in [5.74, 6) is 1.03. The molecule has 0 unspecified atom stereocenters. The minimum atomic E-state index is -0.207. The van der Waals surface area contributed by atoms with Crippen LogP contribution in [0.3, 0.4) is 0 Å². The standard InChI is InChI=1S/C22H26N2O3/c1-15(2)13-24-20-10-7-18(12-17(20)6-11-22(24)26)23-21(25)14-27-19-8-4-16(3)5-9-19/h4-5,7-10,12,15H,6,11,13-14H2,1-3H3,(H,23,25). The van der Waals surface area contributed by atoms with Gasteiger partial charge in [-0.05, 0) is 55.2 Å². The van der Waals surface area contributed by atoms with Gasteiger partial charge in [0, 0.05) is 24.3 Å². The van der Waals surface area contributed by atoms with E-state index in [-0.39, 0.29) is 18.4 Å². The largest absolute Gasteiger partial charge is 0.484 e. The third kappa shape index (κ3) is 4.88. The lowest BCUT2D eigenvalue weighted by molar-refractivity contribution is -0.119. The Hall–Kier alpha value is -2.82. The van der Waals surface area contributed by atoms with Crippen molar-refractivity contribution < 1.29 is 14.3 Å². The van der Waals surface area contributed by atoms with Gasteiger partial charge in [-0.2, -0.15) is 0 Å². The summed E-state index contributed by atoms with van der Waals surface area (Å²) < 4.78 is 5.52. The first-order valence-corrected chi connectivity index (χ1v) is 9.35. The topological polar surface area (TPSA) is 58.6 Å². The minimum Gasteiger partial charge on any atom is -0.484 e. The molecule has 2 aromatic carbocycles. The van der Waals surface area contributed by atoms with Crippen molar-refractivity contribution in [1.29, 1.82) is 0 Å². The fourth-order valence-corrected chi connectivity index (χ4v) is 3.18. The van der Waals surface area contributed by atoms with E-state index in [0.29, 0.717) is 31.1 Å². The summed E-state index contributed by atoms with van der Waals surface area (Å²) in [6.45, 7) is 6.87. The normalized spacial score (nSPS) is 13.5. The second kappa shape index (κ2) is 8.25. The molecule has 1 aliphatic heterocycles. The summed E-state index contributed by atoms with van der Waals surface area (Å²) in [5.41, 5.74) is 3.91. The van der Waals surface area contributed by atoms with Crippen LogP contribution >= 0.6 is 0 Å². The van der Waals surface area contributed by atoms with Crippen molar-refractivity contribution in [3.05, 3.63) is 53.6 Å². The van der Waals surface area contributed by atoms with Crippen LogP contribution in [0.1, 0.15) is 31.4 Å². The average Bonchev–Trinajstić information content (AvgIpc) is 2.63. The molecule has 0 saturated heterocycles. The Morgan fingerprint density at radius 1 is 1.15 bits per heavy atom. The van der Waals surface area contributed by atoms with E-state index < -0.39 is 0 Å². The van der Waals surface area contributed by atoms with Crippen molar-refractivity contribution in [2.75, 3.05) is 23.4 Å². The highest BCUT2D eigenvalue weighted by Crippen LogP contribution is 2.31. The zero-order valence-electron chi connectivity index (χ0n) is 16.1. The van der Waals surface area contributed by atoms with E-state index in [2.05, 4.69) is 19.2 Å². The number of nitrogens with one attached hydrogen (secondary N) is 1. The third-order valence-electron chi connectivity index (χ3n) is 4.50. The van der Waals surface area contributed by atoms with Gasteiger partial charge >= 0.3 is 0 Å². The lowest BCUT2D eigenvalue weighted by Crippen LogP contribution is -2.37. The zero-order valence-corrected chi connectivity index (χ0v) is 16.1. The lowest BCUT2D eigenvalue weighted by atomic mass is 9.99. The minimum absolute atomic E-state index is 0.0435. The van der Waals surface area contributed by atoms with Gasteiger partial charge in [-0.25, -0.2) is 0 Å². The summed E-state index contributed by atoms with van der Waals surface area (Å²) in [4.78, 5) is 26.3. The van der Waals surface area contributed by atoms with E-state index in [9.17, 15) is 9.59 Å². The Kier molecular flexibility index (Phi) is 5.79. The second-order valence-corrected chi connectivity index (χ2v) is 7.39. The summed E-state index contributed by atoms with van der Waals surface area (Å²) in [6.07, 6.45) is 1.21. The van der Waals surface area contributed by atoms with Crippen LogP contribution < -0.4 is 15.0 Å². The van der Waals surface area contributed by atoms with E-state index >= 15 is 0 Å². The van der Waals surface area contributed by atoms with Crippen molar-refractivity contribution in [3.63, 3.8) is 0 Å². The molecule has 1 N–H and O–H groups in total. The number of rotatable bonds is 6. The van der Waals surface area contributed by atoms with Crippen LogP contribution in [0.4, 0.5) is 11.4 Å². The summed E-state index contributed by atoms with van der Waals surface area (Å²) >= 11 is 0. The molecule has 0 aromatic heterocycles. The molecule has 0 radical (unpaired) electrons. The van der Waals surface area contributed by atoms with E-state index in [4.69, 9.17) is 4.74 Å². The molecular formula is C22H26N2O3. The molecule has 0 saturated carbocycles. The highest BCUT2D eigenvalue weighted by molar-refractivity contribution is 5.97. The van der Waals surface area contributed by atoms with Crippen molar-refractivity contribution in [2.45, 2.75) is 33.6 Å². The number of hydrogen-bond donors (Lipinski definition) is 1. The van der Waals surface area contributed by atoms with Gasteiger partial charge in [-0.15, -0.1) is 0 Å². The highest BCUT2D eigenvalue weighted by Gasteiger charge is 2.24. The Bertz CT molecular complexity index is 828. The van der Waals surface area contributed by atoms with Gasteiger partial charge in [0.2, 0.25) is 5.91 Å². The number of aryl methyl sites for hydroxylation is 2. The van der Waals surface area contributed by atoms with E-state index in [0.717, 1.165) is 22.5 Å². The summed E-state index contributed by atoms with van der Waals surface area (Å²) in [7, 11) is 0. The van der Waals surface area contributed by atoms with E-state index in [1.54, 1.807) is 0 Å². The molecule has 0 spiro atoms. The number of carbonyl (C=O) groups excluding carboxylic acids is 2. The molecule has 0 fully saturated rings. The Balaban J connectivity index is 1.63. The molecule has 2 amide bonds. The first kappa shape index (κ1) is 19.0. The van der Waals surface area contributed by atoms with Gasteiger partial charge in [0.05, 0.1) is 0 Å². The average molecular weight is 366 g/mol. The van der Waals surface area contributed by atoms with Crippen LogP contribution in [-0.2, 0) is 16.0 Å². The molecule has 27 heavy (non-hydrogen) atoms. The van der Waals surface area contributed by atoms with Crippen LogP contribution in [0.25, 0.3) is 0 Å². The summed E-state index contributed by atoms with van der Waals surface area (Å²) in [6, 6.07) is 13.3. The SMILES string of the molecule is Cc1ccc(OCC(=O)Nc2ccc3c(c2)CCC(=O)N3CC(C)C)cc1. The fraction of sp³-hybridized carbons (Fsp3) is 0.364. The van der Waals surface area contributed by atoms with Crippen LogP contribution in [-0.4, -0.2) is 25.0 Å². The van der Waals surface area contributed by atoms with Crippen LogP contribution in [0, 0.1) is 12.8 Å². The number of anilines is 2. The first-order valence-electron chi connectivity index (χ1n) is 9.35. The Labute approximate surface area is 160 Å². The number of ether oxygens (including phenoxy) is 1. The van der Waals surface area contributed by atoms with Gasteiger partial charge in [0.25, 0.3) is 5.91 Å². The van der Waals surface area contributed by atoms with Gasteiger partial charge in [0.1, 0.15) is 5.75 Å². The molecule has 1 heterocycles. The maximum atomic E-state index is 12.2. The predicted octanol–water partition coefficient (Wildman–Crippen LogP) is 3.95. The quantitative estimate of drug-likeness (QED) is 0.842. The number of fused-ring (bicyclic) bond motifs is 1. The lowest BCUT2D eigenvalue weighted by Gasteiger charge is -2.31. The van der Waals surface area contributed by atoms with Crippen molar-refractivity contribution in [2.24, 2.45) is 5.92 Å². The highest BCUT2D eigenvalue weighted by atomic mass is 16.5. The number of nitrogens with zero attached hydrogens (tertiary/aromatic N) is 1. The number of hydrogen-bond acceptors (Lipinski definition) is 3. The van der Waals surface area contributed by atoms with Crippen molar-refractivity contribution in [3.8, 4) is 5.75 Å². The molecular weight excluding hydrogens is 340 g/mol. The number of benzene rings is 2. The van der Waals surface area contributed by atoms with Crippen LogP contribution in [0.5, 0.6) is 5.75 Å². The first-order chi connectivity index (χ1) is 12.9. The van der Waals surface area contributed by atoms with Gasteiger partial charge < -0.3 is 15.0 Å². The molecule has 1 aliphatic rings. The van der Waals surface area contributed by atoms with Crippen LogP contribution in [0.2, 0.25) is 0 Å². The third-order valence-corrected chi connectivity index (χ3v) is 4.50. The Morgan fingerprint density at radius 2 is 1.89 bits per heavy atom. The van der Waals surface area contributed by atoms with Gasteiger partial charge in [-0.3, -0.25) is 9.59 Å². The number of carbonyl (C=O) groups is 2. The zero-order chi connectivity index (χ0) is 19.4. The molecule has 0 aliphatic carbocycles. The predicted molar refractivity (Wildman–Crippen MR) is 107 cm³/mol. The van der Waals surface area contributed by atoms with Crippen molar-refractivity contribution >= 4 is 23.2 Å². The summed E-state index contributed by atoms with van der Waals surface area (Å²) in [5, 5.41) is 2.87. The monoisotopic (exact) mass is 366 g/mol. The Morgan fingerprint density at radius 3 is 2.59 bits per heavy atom.